The molecule has 2 aliphatic rings. The lowest BCUT2D eigenvalue weighted by molar-refractivity contribution is 0.331. The van der Waals surface area contributed by atoms with Crippen LogP contribution in [0.1, 0.15) is 59.6 Å². The maximum absolute atomic E-state index is 13.2. The number of hydrogen-bond donors (Lipinski definition) is 1. The van der Waals surface area contributed by atoms with Crippen molar-refractivity contribution < 1.29 is 18.0 Å². The van der Waals surface area contributed by atoms with Crippen LogP contribution in [0.4, 0.5) is 5.95 Å². The van der Waals surface area contributed by atoms with Crippen molar-refractivity contribution >= 4 is 27.0 Å². The summed E-state index contributed by atoms with van der Waals surface area (Å²) >= 11 is 0. The molecule has 0 unspecified atom stereocenters. The van der Waals surface area contributed by atoms with Gasteiger partial charge in [0.05, 0.1) is 6.26 Å². The van der Waals surface area contributed by atoms with Crippen molar-refractivity contribution in [3.05, 3.63) is 28.2 Å². The SMILES string of the molecule is [2H]C([2H])([2H])c1cc2cnc(NC3C([2H])([2H])CN(S(C)(=O)=O)CC3([2H])[2H])nc2n(C2CCCC2)c1=O. The summed E-state index contributed by atoms with van der Waals surface area (Å²) in [7, 11) is -3.82. The largest absolute Gasteiger partial charge is 0.351 e. The molecule has 8 nitrogen and oxygen atoms in total. The molecule has 3 heterocycles. The first-order valence-corrected chi connectivity index (χ1v) is 11.0. The summed E-state index contributed by atoms with van der Waals surface area (Å²) in [6.07, 6.45) is 0.732. The highest BCUT2D eigenvalue weighted by molar-refractivity contribution is 7.88. The second-order valence-corrected chi connectivity index (χ2v) is 9.14. The molecule has 2 aromatic rings. The second kappa shape index (κ2) is 7.44. The van der Waals surface area contributed by atoms with Crippen molar-refractivity contribution in [3.8, 4) is 0 Å². The van der Waals surface area contributed by atoms with Crippen molar-refractivity contribution in [2.24, 2.45) is 0 Å². The van der Waals surface area contributed by atoms with E-state index in [2.05, 4.69) is 15.3 Å². The Morgan fingerprint density at radius 2 is 2.00 bits per heavy atom. The highest BCUT2D eigenvalue weighted by Crippen LogP contribution is 2.30. The summed E-state index contributed by atoms with van der Waals surface area (Å²) in [5.41, 5.74) is -0.815. The lowest BCUT2D eigenvalue weighted by Gasteiger charge is -2.30. The van der Waals surface area contributed by atoms with Crippen molar-refractivity contribution in [1.29, 1.82) is 0 Å². The molecule has 0 aromatic carbocycles. The molecule has 0 atom stereocenters. The number of aromatic nitrogens is 3. The maximum Gasteiger partial charge on any atom is 0.255 e. The Labute approximate surface area is 174 Å². The number of pyridine rings is 1. The molecule has 1 aliphatic carbocycles. The molecule has 4 rings (SSSR count). The highest BCUT2D eigenvalue weighted by Gasteiger charge is 2.26. The number of hydrogen-bond acceptors (Lipinski definition) is 6. The van der Waals surface area contributed by atoms with Gasteiger partial charge in [-0.1, -0.05) is 12.8 Å². The van der Waals surface area contributed by atoms with Gasteiger partial charge in [-0.3, -0.25) is 9.36 Å². The van der Waals surface area contributed by atoms with E-state index >= 15 is 0 Å². The summed E-state index contributed by atoms with van der Waals surface area (Å²) in [4.78, 5) is 21.7. The van der Waals surface area contributed by atoms with Gasteiger partial charge in [-0.05, 0) is 38.5 Å². The number of aryl methyl sites for hydroxylation is 1. The molecule has 2 fully saturated rings. The maximum atomic E-state index is 13.2. The van der Waals surface area contributed by atoms with Crippen molar-refractivity contribution in [1.82, 2.24) is 18.8 Å². The van der Waals surface area contributed by atoms with E-state index in [0.717, 1.165) is 23.4 Å². The molecule has 9 heteroatoms. The van der Waals surface area contributed by atoms with Gasteiger partial charge >= 0.3 is 0 Å². The molecule has 0 radical (unpaired) electrons. The van der Waals surface area contributed by atoms with Crippen LogP contribution in [0.3, 0.4) is 0 Å². The van der Waals surface area contributed by atoms with E-state index in [1.165, 1.54) is 16.8 Å². The average molecular weight is 413 g/mol. The van der Waals surface area contributed by atoms with E-state index in [9.17, 15) is 13.2 Å². The Balaban J connectivity index is 1.79. The van der Waals surface area contributed by atoms with Gasteiger partial charge < -0.3 is 5.32 Å². The minimum absolute atomic E-state index is 0.143. The zero-order chi connectivity index (χ0) is 26.0. The van der Waals surface area contributed by atoms with E-state index in [0.29, 0.717) is 18.2 Å². The molecule has 0 amide bonds. The third-order valence-electron chi connectivity index (χ3n) is 5.15. The predicted molar refractivity (Wildman–Crippen MR) is 109 cm³/mol. The Kier molecular flexibility index (Phi) is 3.33. The zero-order valence-corrected chi connectivity index (χ0v) is 16.3. The lowest BCUT2D eigenvalue weighted by Crippen LogP contribution is -2.42. The fourth-order valence-electron chi connectivity index (χ4n) is 3.67. The van der Waals surface area contributed by atoms with E-state index < -0.39 is 54.3 Å². The highest BCUT2D eigenvalue weighted by atomic mass is 32.2. The van der Waals surface area contributed by atoms with Crippen LogP contribution in [0.5, 0.6) is 0 Å². The number of piperidine rings is 1. The zero-order valence-electron chi connectivity index (χ0n) is 22.5. The van der Waals surface area contributed by atoms with Gasteiger partial charge in [0.1, 0.15) is 5.65 Å². The minimum atomic E-state index is -3.82. The van der Waals surface area contributed by atoms with Gasteiger partial charge in [0, 0.05) is 51.9 Å². The van der Waals surface area contributed by atoms with Crippen LogP contribution in [0.2, 0.25) is 0 Å². The summed E-state index contributed by atoms with van der Waals surface area (Å²) in [5, 5.41) is 3.01. The number of nitrogens with one attached hydrogen (secondary N) is 1. The van der Waals surface area contributed by atoms with Crippen molar-refractivity contribution in [2.45, 2.75) is 57.4 Å². The van der Waals surface area contributed by atoms with Gasteiger partial charge in [-0.15, -0.1) is 0 Å². The summed E-state index contributed by atoms with van der Waals surface area (Å²) in [5.74, 6) is -0.143. The van der Waals surface area contributed by atoms with Crippen molar-refractivity contribution in [2.75, 3.05) is 24.7 Å². The number of sulfonamides is 1. The molecule has 0 spiro atoms. The molecule has 1 aliphatic heterocycles. The molecule has 1 saturated heterocycles. The predicted octanol–water partition coefficient (Wildman–Crippen LogP) is 2.05. The fourth-order valence-corrected chi connectivity index (χ4v) is 4.29. The van der Waals surface area contributed by atoms with E-state index in [1.54, 1.807) is 0 Å². The van der Waals surface area contributed by atoms with Crippen LogP contribution in [-0.4, -0.2) is 52.6 Å². The van der Waals surface area contributed by atoms with Crippen LogP contribution in [0.15, 0.2) is 17.1 Å². The molecule has 1 saturated carbocycles. The summed E-state index contributed by atoms with van der Waals surface area (Å²) in [6, 6.07) is -0.493. The third kappa shape index (κ3) is 3.77. The molecular weight excluding hydrogens is 378 g/mol. The molecule has 28 heavy (non-hydrogen) atoms. The molecule has 2 aromatic heterocycles. The van der Waals surface area contributed by atoms with Crippen LogP contribution in [0, 0.1) is 6.85 Å². The Bertz CT molecular complexity index is 1290. The standard InChI is InChI=1S/C19H27N5O3S/c1-13-11-14-12-20-19(21-15-7-9-23(10-8-15)28(2,26)27)22-17(14)24(18(13)25)16-5-3-4-6-16/h11-12,15-16H,3-10H2,1-2H3,(H,20,21,22)/i1D3,7D2,8D2. The number of anilines is 1. The Morgan fingerprint density at radius 3 is 2.64 bits per heavy atom. The van der Waals surface area contributed by atoms with E-state index in [4.69, 9.17) is 9.60 Å². The van der Waals surface area contributed by atoms with Gasteiger partial charge in [0.25, 0.3) is 5.56 Å². The minimum Gasteiger partial charge on any atom is -0.351 e. The van der Waals surface area contributed by atoms with Gasteiger partial charge in [0.15, 0.2) is 0 Å². The second-order valence-electron chi connectivity index (χ2n) is 7.16. The smallest absolute Gasteiger partial charge is 0.255 e. The Morgan fingerprint density at radius 1 is 1.29 bits per heavy atom. The first-order chi connectivity index (χ1) is 16.0. The molecular formula is C19H27N5O3S. The topological polar surface area (TPSA) is 97.2 Å². The molecule has 0 bridgehead atoms. The monoisotopic (exact) mass is 412 g/mol. The number of rotatable bonds is 4. The quantitative estimate of drug-likeness (QED) is 0.825. The number of fused-ring (bicyclic) bond motifs is 1. The molecule has 152 valence electrons. The molecule has 1 N–H and O–H groups in total. The van der Waals surface area contributed by atoms with Crippen LogP contribution in [0.25, 0.3) is 11.0 Å². The normalized spacial score (nSPS) is 27.8. The Hall–Kier alpha value is -2.00. The van der Waals surface area contributed by atoms with Crippen molar-refractivity contribution in [3.63, 3.8) is 0 Å². The fraction of sp³-hybridized carbons (Fsp3) is 0.632. The average Bonchev–Trinajstić information content (AvgIpc) is 3.22. The first-order valence-electron chi connectivity index (χ1n) is 12.7. The van der Waals surface area contributed by atoms with E-state index in [-0.39, 0.29) is 23.2 Å². The van der Waals surface area contributed by atoms with Gasteiger partial charge in [-0.2, -0.15) is 4.98 Å². The van der Waals surface area contributed by atoms with E-state index in [1.807, 2.05) is 0 Å². The summed E-state index contributed by atoms with van der Waals surface area (Å²) in [6.45, 7) is -3.72. The van der Waals surface area contributed by atoms with Gasteiger partial charge in [-0.25, -0.2) is 17.7 Å². The first kappa shape index (κ1) is 12.5. The van der Waals surface area contributed by atoms with Gasteiger partial charge in [0.2, 0.25) is 16.0 Å². The van der Waals surface area contributed by atoms with Crippen LogP contribution < -0.4 is 10.9 Å². The lowest BCUT2D eigenvalue weighted by atomic mass is 10.1. The number of nitrogens with zero attached hydrogens (tertiary/aromatic N) is 4. The van der Waals surface area contributed by atoms with Crippen LogP contribution >= 0.6 is 0 Å². The third-order valence-corrected chi connectivity index (χ3v) is 6.35. The summed E-state index contributed by atoms with van der Waals surface area (Å²) < 4.78 is 82.7. The van der Waals surface area contributed by atoms with Crippen LogP contribution in [-0.2, 0) is 10.0 Å².